The summed E-state index contributed by atoms with van der Waals surface area (Å²) < 4.78 is 0. The molecule has 0 aliphatic rings. The first-order valence-corrected chi connectivity index (χ1v) is 6.86. The van der Waals surface area contributed by atoms with E-state index in [-0.39, 0.29) is 11.6 Å². The number of hydrogen-bond acceptors (Lipinski definition) is 3. The van der Waals surface area contributed by atoms with Crippen molar-refractivity contribution in [1.82, 2.24) is 5.32 Å². The molecule has 0 unspecified atom stereocenters. The van der Waals surface area contributed by atoms with Gasteiger partial charge < -0.3 is 10.4 Å². The van der Waals surface area contributed by atoms with Gasteiger partial charge in [0, 0.05) is 6.54 Å². The van der Waals surface area contributed by atoms with Gasteiger partial charge in [-0.1, -0.05) is 20.3 Å². The molecule has 2 amide bonds. The highest BCUT2D eigenvalue weighted by Gasteiger charge is 2.19. The number of nitrogens with one attached hydrogen (secondary N) is 2. The van der Waals surface area contributed by atoms with E-state index in [1.807, 2.05) is 13.8 Å². The first-order valence-electron chi connectivity index (χ1n) is 5.98. The minimum atomic E-state index is -0.995. The molecule has 0 saturated heterocycles. The number of carboxylic acids is 1. The van der Waals surface area contributed by atoms with Crippen LogP contribution in [0.25, 0.3) is 0 Å². The van der Waals surface area contributed by atoms with Gasteiger partial charge in [-0.25, -0.2) is 9.59 Å². The third-order valence-electron chi connectivity index (χ3n) is 2.36. The van der Waals surface area contributed by atoms with Crippen molar-refractivity contribution in [3.63, 3.8) is 0 Å². The Morgan fingerprint density at radius 1 is 1.33 bits per heavy atom. The van der Waals surface area contributed by atoms with Crippen LogP contribution in [0.3, 0.4) is 0 Å². The molecule has 0 aromatic carbocycles. The van der Waals surface area contributed by atoms with Crippen LogP contribution >= 0.6 is 11.3 Å². The van der Waals surface area contributed by atoms with E-state index in [0.717, 1.165) is 18.4 Å². The van der Waals surface area contributed by atoms with Gasteiger partial charge in [0.2, 0.25) is 0 Å². The van der Waals surface area contributed by atoms with Crippen molar-refractivity contribution in [2.45, 2.75) is 33.1 Å². The highest BCUT2D eigenvalue weighted by atomic mass is 32.1. The van der Waals surface area contributed by atoms with Crippen LogP contribution < -0.4 is 10.6 Å². The molecule has 0 radical (unpaired) electrons. The monoisotopic (exact) mass is 270 g/mol. The second kappa shape index (κ2) is 7.00. The van der Waals surface area contributed by atoms with Crippen molar-refractivity contribution in [3.8, 4) is 0 Å². The van der Waals surface area contributed by atoms with Crippen molar-refractivity contribution < 1.29 is 14.7 Å². The van der Waals surface area contributed by atoms with Crippen molar-refractivity contribution in [2.75, 3.05) is 11.9 Å². The molecule has 1 heterocycles. The van der Waals surface area contributed by atoms with Gasteiger partial charge in [0.1, 0.15) is 5.00 Å². The summed E-state index contributed by atoms with van der Waals surface area (Å²) in [5.74, 6) is -0.995. The average molecular weight is 270 g/mol. The second-order valence-electron chi connectivity index (χ2n) is 3.90. The van der Waals surface area contributed by atoms with Crippen LogP contribution in [0, 0.1) is 0 Å². The number of carbonyl (C=O) groups is 2. The zero-order valence-electron chi connectivity index (χ0n) is 10.6. The predicted molar refractivity (Wildman–Crippen MR) is 72.6 cm³/mol. The van der Waals surface area contributed by atoms with Crippen LogP contribution in [0.1, 0.15) is 42.6 Å². The summed E-state index contributed by atoms with van der Waals surface area (Å²) in [5.41, 5.74) is 0.995. The molecule has 18 heavy (non-hydrogen) atoms. The number of aryl methyl sites for hydroxylation is 1. The molecule has 0 bridgehead atoms. The second-order valence-corrected chi connectivity index (χ2v) is 4.78. The fourth-order valence-electron chi connectivity index (χ4n) is 1.56. The molecule has 0 atom stereocenters. The normalized spacial score (nSPS) is 10.1. The number of aromatic carboxylic acids is 1. The first kappa shape index (κ1) is 14.5. The van der Waals surface area contributed by atoms with Crippen LogP contribution in [-0.4, -0.2) is 23.7 Å². The number of urea groups is 1. The summed E-state index contributed by atoms with van der Waals surface area (Å²) in [4.78, 5) is 22.7. The van der Waals surface area contributed by atoms with Crippen LogP contribution in [0.2, 0.25) is 0 Å². The first-order chi connectivity index (χ1) is 8.60. The number of anilines is 1. The number of carboxylic acid groups (broad SMARTS) is 1. The van der Waals surface area contributed by atoms with Gasteiger partial charge in [0.05, 0.1) is 5.56 Å². The average Bonchev–Trinajstić information content (AvgIpc) is 2.70. The van der Waals surface area contributed by atoms with Gasteiger partial charge >= 0.3 is 12.0 Å². The SMILES string of the molecule is CCCNC(=O)Nc1scc(CCC)c1C(=O)O. The molecule has 3 N–H and O–H groups in total. The third-order valence-corrected chi connectivity index (χ3v) is 3.31. The van der Waals surface area contributed by atoms with Crippen molar-refractivity contribution in [2.24, 2.45) is 0 Å². The van der Waals surface area contributed by atoms with E-state index in [2.05, 4.69) is 10.6 Å². The van der Waals surface area contributed by atoms with E-state index in [4.69, 9.17) is 0 Å². The van der Waals surface area contributed by atoms with Gasteiger partial charge in [-0.2, -0.15) is 0 Å². The van der Waals surface area contributed by atoms with Crippen molar-refractivity contribution in [3.05, 3.63) is 16.5 Å². The Hall–Kier alpha value is -1.56. The number of carbonyl (C=O) groups excluding carboxylic acids is 1. The Kier molecular flexibility index (Phi) is 5.64. The molecule has 0 aliphatic carbocycles. The van der Waals surface area contributed by atoms with Gasteiger partial charge in [0.25, 0.3) is 0 Å². The van der Waals surface area contributed by atoms with E-state index in [9.17, 15) is 14.7 Å². The number of hydrogen-bond donors (Lipinski definition) is 3. The lowest BCUT2D eigenvalue weighted by Gasteiger charge is -2.06. The third kappa shape index (κ3) is 3.73. The number of rotatable bonds is 6. The van der Waals surface area contributed by atoms with Crippen LogP contribution in [0.4, 0.5) is 9.80 Å². The summed E-state index contributed by atoms with van der Waals surface area (Å²) in [6, 6.07) is -0.357. The molecule has 100 valence electrons. The Balaban J connectivity index is 2.82. The molecule has 0 aliphatic heterocycles. The molecule has 0 spiro atoms. The number of amides is 2. The standard InChI is InChI=1S/C12H18N2O3S/c1-3-5-8-7-18-10(9(8)11(15)16)14-12(17)13-6-4-2/h7H,3-6H2,1-2H3,(H,15,16)(H2,13,14,17). The van der Waals surface area contributed by atoms with Crippen molar-refractivity contribution in [1.29, 1.82) is 0 Å². The molecular formula is C12H18N2O3S. The summed E-state index contributed by atoms with van der Waals surface area (Å²) in [6.45, 7) is 4.51. The zero-order chi connectivity index (χ0) is 13.5. The molecule has 1 rings (SSSR count). The fourth-order valence-corrected chi connectivity index (χ4v) is 2.54. The maximum absolute atomic E-state index is 11.5. The lowest BCUT2D eigenvalue weighted by molar-refractivity contribution is 0.0697. The summed E-state index contributed by atoms with van der Waals surface area (Å²) in [6.07, 6.45) is 2.42. The summed E-state index contributed by atoms with van der Waals surface area (Å²) in [7, 11) is 0. The zero-order valence-corrected chi connectivity index (χ0v) is 11.4. The quantitative estimate of drug-likeness (QED) is 0.743. The van der Waals surface area contributed by atoms with Crippen molar-refractivity contribution >= 4 is 28.3 Å². The van der Waals surface area contributed by atoms with Gasteiger partial charge in [-0.05, 0) is 23.8 Å². The maximum atomic E-state index is 11.5. The van der Waals surface area contributed by atoms with Gasteiger partial charge in [-0.15, -0.1) is 11.3 Å². The Morgan fingerprint density at radius 2 is 2.06 bits per heavy atom. The highest BCUT2D eigenvalue weighted by molar-refractivity contribution is 7.15. The maximum Gasteiger partial charge on any atom is 0.338 e. The molecule has 1 aromatic heterocycles. The van der Waals surface area contributed by atoms with E-state index < -0.39 is 5.97 Å². The molecule has 6 heteroatoms. The summed E-state index contributed by atoms with van der Waals surface area (Å²) >= 11 is 1.25. The smallest absolute Gasteiger partial charge is 0.338 e. The predicted octanol–water partition coefficient (Wildman–Crippen LogP) is 2.93. The van der Waals surface area contributed by atoms with Crippen LogP contribution in [0.15, 0.2) is 5.38 Å². The Bertz CT molecular complexity index is 429. The van der Waals surface area contributed by atoms with E-state index in [0.29, 0.717) is 18.0 Å². The van der Waals surface area contributed by atoms with Gasteiger partial charge in [-0.3, -0.25) is 5.32 Å². The highest BCUT2D eigenvalue weighted by Crippen LogP contribution is 2.29. The lowest BCUT2D eigenvalue weighted by Crippen LogP contribution is -2.29. The molecule has 0 saturated carbocycles. The molecular weight excluding hydrogens is 252 g/mol. The Labute approximate surface area is 110 Å². The summed E-state index contributed by atoms with van der Waals surface area (Å²) in [5, 5.41) is 16.6. The fraction of sp³-hybridized carbons (Fsp3) is 0.500. The topological polar surface area (TPSA) is 78.4 Å². The van der Waals surface area contributed by atoms with Gasteiger partial charge in [0.15, 0.2) is 0 Å². The molecule has 1 aromatic rings. The van der Waals surface area contributed by atoms with Crippen LogP contribution in [0.5, 0.6) is 0 Å². The minimum Gasteiger partial charge on any atom is -0.478 e. The largest absolute Gasteiger partial charge is 0.478 e. The minimum absolute atomic E-state index is 0.216. The van der Waals surface area contributed by atoms with E-state index in [1.165, 1.54) is 11.3 Å². The molecule has 5 nitrogen and oxygen atoms in total. The van der Waals surface area contributed by atoms with E-state index in [1.54, 1.807) is 5.38 Å². The van der Waals surface area contributed by atoms with E-state index >= 15 is 0 Å². The van der Waals surface area contributed by atoms with Crippen LogP contribution in [-0.2, 0) is 6.42 Å². The Morgan fingerprint density at radius 3 is 2.61 bits per heavy atom. The number of thiophene rings is 1. The molecule has 0 fully saturated rings. The lowest BCUT2D eigenvalue weighted by atomic mass is 10.1.